The van der Waals surface area contributed by atoms with E-state index in [0.29, 0.717) is 17.4 Å². The molecule has 0 bridgehead atoms. The van der Waals surface area contributed by atoms with Gasteiger partial charge in [-0.2, -0.15) is 0 Å². The zero-order valence-electron chi connectivity index (χ0n) is 8.79. The summed E-state index contributed by atoms with van der Waals surface area (Å²) in [6.45, 7) is 0.575. The Bertz CT molecular complexity index is 495. The second-order valence-corrected chi connectivity index (χ2v) is 4.24. The van der Waals surface area contributed by atoms with E-state index in [1.165, 1.54) is 11.3 Å². The van der Waals surface area contributed by atoms with Gasteiger partial charge in [0, 0.05) is 17.5 Å². The maximum absolute atomic E-state index is 10.7. The predicted octanol–water partition coefficient (Wildman–Crippen LogP) is 1.43. The molecule has 0 spiro atoms. The van der Waals surface area contributed by atoms with E-state index in [-0.39, 0.29) is 0 Å². The summed E-state index contributed by atoms with van der Waals surface area (Å²) in [7, 11) is 0. The molecule has 1 atom stereocenters. The van der Waals surface area contributed by atoms with Crippen LogP contribution in [-0.2, 0) is 11.3 Å². The van der Waals surface area contributed by atoms with Crippen LogP contribution in [0, 0.1) is 0 Å². The normalized spacial score (nSPS) is 12.3. The zero-order valence-corrected chi connectivity index (χ0v) is 9.61. The molecule has 2 aromatic rings. The lowest BCUT2D eigenvalue weighted by Crippen LogP contribution is -2.20. The summed E-state index contributed by atoms with van der Waals surface area (Å²) >= 11 is 1.32. The predicted molar refractivity (Wildman–Crippen MR) is 62.7 cm³/mol. The lowest BCUT2D eigenvalue weighted by molar-refractivity contribution is -0.138. The average molecular weight is 253 g/mol. The summed E-state index contributed by atoms with van der Waals surface area (Å²) in [5, 5.41) is 14.1. The van der Waals surface area contributed by atoms with Gasteiger partial charge in [-0.3, -0.25) is 4.79 Å². The van der Waals surface area contributed by atoms with Gasteiger partial charge in [0.15, 0.2) is 5.13 Å². The molecule has 0 aromatic carbocycles. The first-order valence-corrected chi connectivity index (χ1v) is 5.73. The largest absolute Gasteiger partial charge is 0.480 e. The monoisotopic (exact) mass is 253 g/mol. The number of nitrogens with two attached hydrogens (primary N) is 1. The third-order valence-corrected chi connectivity index (χ3v) is 2.95. The minimum Gasteiger partial charge on any atom is -0.480 e. The fourth-order valence-corrected chi connectivity index (χ4v) is 1.95. The van der Waals surface area contributed by atoms with Gasteiger partial charge in [-0.25, -0.2) is 4.98 Å². The van der Waals surface area contributed by atoms with Gasteiger partial charge in [0.25, 0.3) is 0 Å². The van der Waals surface area contributed by atoms with Crippen LogP contribution in [0.1, 0.15) is 17.3 Å². The fourth-order valence-electron chi connectivity index (χ4n) is 1.21. The van der Waals surface area contributed by atoms with Crippen molar-refractivity contribution in [3.05, 3.63) is 35.2 Å². The Labute approximate surface area is 101 Å². The van der Waals surface area contributed by atoms with E-state index in [0.717, 1.165) is 5.56 Å². The number of furan rings is 1. The van der Waals surface area contributed by atoms with Gasteiger partial charge in [0.1, 0.15) is 6.04 Å². The molecule has 0 radical (unpaired) electrons. The summed E-state index contributed by atoms with van der Waals surface area (Å²) < 4.78 is 4.92. The van der Waals surface area contributed by atoms with Crippen LogP contribution >= 0.6 is 11.3 Å². The highest BCUT2D eigenvalue weighted by Crippen LogP contribution is 2.20. The Morgan fingerprint density at radius 3 is 3.18 bits per heavy atom. The van der Waals surface area contributed by atoms with Crippen molar-refractivity contribution < 1.29 is 14.3 Å². The van der Waals surface area contributed by atoms with Crippen LogP contribution in [0.4, 0.5) is 5.13 Å². The van der Waals surface area contributed by atoms with Gasteiger partial charge in [-0.1, -0.05) is 0 Å². The van der Waals surface area contributed by atoms with Crippen molar-refractivity contribution in [3.63, 3.8) is 0 Å². The van der Waals surface area contributed by atoms with Gasteiger partial charge in [-0.15, -0.1) is 11.3 Å². The molecule has 7 heteroatoms. The number of hydrogen-bond donors (Lipinski definition) is 3. The lowest BCUT2D eigenvalue weighted by atomic mass is 10.2. The molecule has 0 fully saturated rings. The van der Waals surface area contributed by atoms with E-state index in [4.69, 9.17) is 15.3 Å². The number of hydrogen-bond acceptors (Lipinski definition) is 6. The van der Waals surface area contributed by atoms with Gasteiger partial charge in [0.05, 0.1) is 18.2 Å². The topological polar surface area (TPSA) is 101 Å². The van der Waals surface area contributed by atoms with Crippen molar-refractivity contribution in [1.82, 2.24) is 4.98 Å². The lowest BCUT2D eigenvalue weighted by Gasteiger charge is -2.01. The number of aliphatic carboxylic acids is 1. The van der Waals surface area contributed by atoms with Gasteiger partial charge < -0.3 is 20.6 Å². The Hall–Kier alpha value is -1.86. The van der Waals surface area contributed by atoms with E-state index in [2.05, 4.69) is 10.3 Å². The number of carbonyl (C=O) groups is 1. The van der Waals surface area contributed by atoms with E-state index in [9.17, 15) is 4.79 Å². The second-order valence-electron chi connectivity index (χ2n) is 3.38. The molecular weight excluding hydrogens is 242 g/mol. The standard InChI is InChI=1S/C10H11N3O3S/c11-8(9(14)15)7-5-17-10(13-7)12-3-6-1-2-16-4-6/h1-2,4-5,8H,3,11H2,(H,12,13)(H,14,15). The summed E-state index contributed by atoms with van der Waals surface area (Å²) in [5.41, 5.74) is 6.79. The number of carboxylic acids is 1. The zero-order chi connectivity index (χ0) is 12.3. The molecule has 6 nitrogen and oxygen atoms in total. The molecule has 0 saturated heterocycles. The minimum atomic E-state index is -1.09. The SMILES string of the molecule is NC(C(=O)O)c1csc(NCc2ccoc2)n1. The van der Waals surface area contributed by atoms with Crippen LogP contribution in [0.3, 0.4) is 0 Å². The van der Waals surface area contributed by atoms with Gasteiger partial charge >= 0.3 is 5.97 Å². The Morgan fingerprint density at radius 2 is 2.53 bits per heavy atom. The van der Waals surface area contributed by atoms with Crippen LogP contribution in [0.25, 0.3) is 0 Å². The molecule has 2 heterocycles. The fraction of sp³-hybridized carbons (Fsp3) is 0.200. The first-order valence-electron chi connectivity index (χ1n) is 4.85. The van der Waals surface area contributed by atoms with Crippen molar-refractivity contribution in [3.8, 4) is 0 Å². The maximum atomic E-state index is 10.7. The molecule has 4 N–H and O–H groups in total. The first-order chi connectivity index (χ1) is 8.16. The second kappa shape index (κ2) is 4.98. The number of rotatable bonds is 5. The number of nitrogens with one attached hydrogen (secondary N) is 1. The van der Waals surface area contributed by atoms with Crippen LogP contribution in [-0.4, -0.2) is 16.1 Å². The molecule has 90 valence electrons. The highest BCUT2D eigenvalue weighted by Gasteiger charge is 2.17. The maximum Gasteiger partial charge on any atom is 0.326 e. The van der Waals surface area contributed by atoms with Crippen LogP contribution in [0.15, 0.2) is 28.4 Å². The van der Waals surface area contributed by atoms with Crippen molar-refractivity contribution in [2.75, 3.05) is 5.32 Å². The van der Waals surface area contributed by atoms with Crippen LogP contribution in [0.5, 0.6) is 0 Å². The van der Waals surface area contributed by atoms with Crippen molar-refractivity contribution in [2.24, 2.45) is 5.73 Å². The number of carboxylic acid groups (broad SMARTS) is 1. The van der Waals surface area contributed by atoms with Crippen molar-refractivity contribution in [2.45, 2.75) is 12.6 Å². The quantitative estimate of drug-likeness (QED) is 0.745. The third-order valence-electron chi connectivity index (χ3n) is 2.13. The molecule has 1 unspecified atom stereocenters. The number of anilines is 1. The summed E-state index contributed by atoms with van der Waals surface area (Å²) in [5.74, 6) is -1.09. The van der Waals surface area contributed by atoms with Gasteiger partial charge in [-0.05, 0) is 6.07 Å². The highest BCUT2D eigenvalue weighted by molar-refractivity contribution is 7.13. The summed E-state index contributed by atoms with van der Waals surface area (Å²) in [6, 6.07) is 0.764. The molecule has 17 heavy (non-hydrogen) atoms. The number of thiazole rings is 1. The minimum absolute atomic E-state index is 0.359. The van der Waals surface area contributed by atoms with Crippen LogP contribution in [0.2, 0.25) is 0 Å². The van der Waals surface area contributed by atoms with E-state index in [1.54, 1.807) is 17.9 Å². The molecule has 0 aliphatic carbocycles. The number of aromatic nitrogens is 1. The molecule has 0 aliphatic rings. The smallest absolute Gasteiger partial charge is 0.326 e. The molecule has 2 rings (SSSR count). The highest BCUT2D eigenvalue weighted by atomic mass is 32.1. The molecule has 2 aromatic heterocycles. The molecular formula is C10H11N3O3S. The van der Waals surface area contributed by atoms with E-state index >= 15 is 0 Å². The molecule has 0 aliphatic heterocycles. The molecule has 0 amide bonds. The summed E-state index contributed by atoms with van der Waals surface area (Å²) in [4.78, 5) is 14.8. The Morgan fingerprint density at radius 1 is 1.71 bits per heavy atom. The third kappa shape index (κ3) is 2.83. The van der Waals surface area contributed by atoms with E-state index in [1.807, 2.05) is 6.07 Å². The average Bonchev–Trinajstić information content (AvgIpc) is 2.96. The van der Waals surface area contributed by atoms with Gasteiger partial charge in [0.2, 0.25) is 0 Å². The first kappa shape index (κ1) is 11.6. The number of nitrogens with zero attached hydrogens (tertiary/aromatic N) is 1. The Kier molecular flexibility index (Phi) is 3.40. The van der Waals surface area contributed by atoms with Crippen molar-refractivity contribution in [1.29, 1.82) is 0 Å². The Balaban J connectivity index is 1.96. The van der Waals surface area contributed by atoms with E-state index < -0.39 is 12.0 Å². The summed E-state index contributed by atoms with van der Waals surface area (Å²) in [6.07, 6.45) is 3.22. The van der Waals surface area contributed by atoms with Crippen molar-refractivity contribution >= 4 is 22.4 Å². The molecule has 0 saturated carbocycles. The van der Waals surface area contributed by atoms with Crippen LogP contribution < -0.4 is 11.1 Å².